The van der Waals surface area contributed by atoms with Crippen molar-refractivity contribution < 1.29 is 19.1 Å². The lowest BCUT2D eigenvalue weighted by molar-refractivity contribution is -0.148. The Bertz CT molecular complexity index is 765. The molecular weight excluding hydrogens is 406 g/mol. The van der Waals surface area contributed by atoms with E-state index < -0.39 is 5.60 Å². The summed E-state index contributed by atoms with van der Waals surface area (Å²) in [6.07, 6.45) is 1.70. The van der Waals surface area contributed by atoms with Gasteiger partial charge < -0.3 is 24.6 Å². The van der Waals surface area contributed by atoms with Gasteiger partial charge in [0.25, 0.3) is 5.91 Å². The smallest absolute Gasteiger partial charge is 0.310 e. The molecule has 2 heterocycles. The molecule has 7 nitrogen and oxygen atoms in total. The predicted octanol–water partition coefficient (Wildman–Crippen LogP) is 2.71. The molecule has 1 aromatic carbocycles. The van der Waals surface area contributed by atoms with E-state index in [0.29, 0.717) is 37.0 Å². The van der Waals surface area contributed by atoms with E-state index in [4.69, 9.17) is 21.1 Å². The maximum absolute atomic E-state index is 13.0. The van der Waals surface area contributed by atoms with Crippen LogP contribution < -0.4 is 15.0 Å². The molecule has 0 spiro atoms. The van der Waals surface area contributed by atoms with Gasteiger partial charge in [-0.25, -0.2) is 0 Å². The topological polar surface area (TPSA) is 71.1 Å². The summed E-state index contributed by atoms with van der Waals surface area (Å²) in [4.78, 5) is 29.1. The molecule has 1 amide bonds. The largest absolute Gasteiger partial charge is 0.476 e. The minimum atomic E-state index is -1.03. The first kappa shape index (κ1) is 22.7. The lowest BCUT2D eigenvalue weighted by atomic mass is 9.97. The Morgan fingerprint density at radius 2 is 1.97 bits per heavy atom. The van der Waals surface area contributed by atoms with E-state index >= 15 is 0 Å². The Kier molecular flexibility index (Phi) is 7.47. The van der Waals surface area contributed by atoms with Gasteiger partial charge in [0, 0.05) is 39.3 Å². The molecule has 1 aromatic rings. The van der Waals surface area contributed by atoms with Gasteiger partial charge in [-0.3, -0.25) is 9.59 Å². The first-order chi connectivity index (χ1) is 14.3. The van der Waals surface area contributed by atoms with Crippen LogP contribution in [0.4, 0.5) is 5.69 Å². The number of piperidine rings is 1. The fourth-order valence-corrected chi connectivity index (χ4v) is 4.32. The van der Waals surface area contributed by atoms with Crippen LogP contribution in [0.1, 0.15) is 33.6 Å². The minimum absolute atomic E-state index is 0.0502. The Labute approximate surface area is 183 Å². The number of halogens is 1. The highest BCUT2D eigenvalue weighted by molar-refractivity contribution is 6.34. The number of anilines is 1. The van der Waals surface area contributed by atoms with E-state index in [-0.39, 0.29) is 17.8 Å². The predicted molar refractivity (Wildman–Crippen MR) is 117 cm³/mol. The number of hydrogen-bond acceptors (Lipinski definition) is 6. The molecule has 2 aliphatic rings. The van der Waals surface area contributed by atoms with Gasteiger partial charge in [0.2, 0.25) is 0 Å². The van der Waals surface area contributed by atoms with Crippen molar-refractivity contribution in [2.24, 2.45) is 5.92 Å². The zero-order valence-electron chi connectivity index (χ0n) is 18.1. The van der Waals surface area contributed by atoms with Crippen LogP contribution in [0.3, 0.4) is 0 Å². The van der Waals surface area contributed by atoms with Crippen LogP contribution in [-0.4, -0.2) is 68.3 Å². The average Bonchev–Trinajstić information content (AvgIpc) is 2.75. The zero-order chi connectivity index (χ0) is 21.7. The summed E-state index contributed by atoms with van der Waals surface area (Å²) in [6, 6.07) is 5.58. The number of esters is 1. The maximum atomic E-state index is 13.0. The third-order valence-electron chi connectivity index (χ3n) is 5.61. The number of ether oxygens (including phenoxy) is 2. The number of benzene rings is 1. The Balaban J connectivity index is 1.74. The fraction of sp³-hybridized carbons (Fsp3) is 0.636. The second-order valence-corrected chi connectivity index (χ2v) is 8.66. The van der Waals surface area contributed by atoms with Crippen LogP contribution in [0.15, 0.2) is 18.2 Å². The van der Waals surface area contributed by atoms with Gasteiger partial charge in [-0.1, -0.05) is 17.7 Å². The second kappa shape index (κ2) is 9.88. The molecule has 166 valence electrons. The van der Waals surface area contributed by atoms with Gasteiger partial charge in [0.15, 0.2) is 5.60 Å². The Morgan fingerprint density at radius 3 is 2.67 bits per heavy atom. The van der Waals surface area contributed by atoms with Crippen molar-refractivity contribution in [1.82, 2.24) is 10.2 Å². The third kappa shape index (κ3) is 5.19. The van der Waals surface area contributed by atoms with Crippen LogP contribution in [0.25, 0.3) is 0 Å². The molecule has 0 saturated carbocycles. The molecule has 0 aromatic heterocycles. The van der Waals surface area contributed by atoms with Crippen molar-refractivity contribution in [2.75, 3.05) is 50.8 Å². The van der Waals surface area contributed by atoms with Gasteiger partial charge in [-0.15, -0.1) is 0 Å². The Hall–Kier alpha value is -1.99. The van der Waals surface area contributed by atoms with Crippen molar-refractivity contribution in [3.05, 3.63) is 23.2 Å². The maximum Gasteiger partial charge on any atom is 0.310 e. The van der Waals surface area contributed by atoms with E-state index in [2.05, 4.69) is 10.2 Å². The molecule has 0 aliphatic carbocycles. The summed E-state index contributed by atoms with van der Waals surface area (Å²) < 4.78 is 11.3. The van der Waals surface area contributed by atoms with Gasteiger partial charge in [0.1, 0.15) is 10.8 Å². The molecule has 8 heteroatoms. The van der Waals surface area contributed by atoms with Crippen molar-refractivity contribution in [2.45, 2.75) is 39.2 Å². The van der Waals surface area contributed by atoms with Gasteiger partial charge in [0.05, 0.1) is 18.2 Å². The lowest BCUT2D eigenvalue weighted by Gasteiger charge is -2.36. The third-order valence-corrected chi connectivity index (χ3v) is 5.99. The highest BCUT2D eigenvalue weighted by Crippen LogP contribution is 2.38. The molecule has 0 bridgehead atoms. The van der Waals surface area contributed by atoms with Gasteiger partial charge >= 0.3 is 5.97 Å². The number of rotatable bonds is 6. The summed E-state index contributed by atoms with van der Waals surface area (Å²) in [6.45, 7) is 10.0. The summed E-state index contributed by atoms with van der Waals surface area (Å²) >= 11 is 6.71. The van der Waals surface area contributed by atoms with Crippen LogP contribution >= 0.6 is 11.6 Å². The standard InChI is InChI=1S/C22H32ClN3O4/c1-4-29-20(27)16-7-6-12-26(15-16)17-8-5-9-18(19(17)23)30-22(2,3)21(28)25-13-10-24-11-14-25/h5,8-9,16,24H,4,6-7,10-15H2,1-3H3/t16-/m1/s1. The van der Waals surface area contributed by atoms with Crippen LogP contribution in [-0.2, 0) is 14.3 Å². The molecule has 2 saturated heterocycles. The Morgan fingerprint density at radius 1 is 1.23 bits per heavy atom. The number of amides is 1. The number of carbonyl (C=O) groups excluding carboxylic acids is 2. The molecule has 3 rings (SSSR count). The molecule has 1 N–H and O–H groups in total. The monoisotopic (exact) mass is 437 g/mol. The summed E-state index contributed by atoms with van der Waals surface area (Å²) in [7, 11) is 0. The normalized spacial score (nSPS) is 20.1. The first-order valence-electron chi connectivity index (χ1n) is 10.7. The average molecular weight is 438 g/mol. The van der Waals surface area contributed by atoms with Crippen molar-refractivity contribution >= 4 is 29.2 Å². The second-order valence-electron chi connectivity index (χ2n) is 8.28. The summed E-state index contributed by atoms with van der Waals surface area (Å²) in [5.41, 5.74) is -0.219. The van der Waals surface area contributed by atoms with E-state index in [1.165, 1.54) is 0 Å². The molecule has 0 unspecified atom stereocenters. The first-order valence-corrected chi connectivity index (χ1v) is 11.1. The summed E-state index contributed by atoms with van der Waals surface area (Å²) in [5, 5.41) is 3.71. The van der Waals surface area contributed by atoms with Crippen LogP contribution in [0.5, 0.6) is 5.75 Å². The molecule has 2 aliphatic heterocycles. The van der Waals surface area contributed by atoms with Gasteiger partial charge in [-0.05, 0) is 45.7 Å². The SMILES string of the molecule is CCOC(=O)[C@@H]1CCCN(c2cccc(OC(C)(C)C(=O)N3CCNCC3)c2Cl)C1. The van der Waals surface area contributed by atoms with Crippen molar-refractivity contribution in [1.29, 1.82) is 0 Å². The molecule has 2 fully saturated rings. The molecular formula is C22H32ClN3O4. The lowest BCUT2D eigenvalue weighted by Crippen LogP contribution is -2.54. The number of piperazine rings is 1. The van der Waals surface area contributed by atoms with E-state index in [0.717, 1.165) is 38.2 Å². The van der Waals surface area contributed by atoms with E-state index in [1.54, 1.807) is 19.9 Å². The van der Waals surface area contributed by atoms with E-state index in [1.807, 2.05) is 24.0 Å². The molecule has 0 radical (unpaired) electrons. The van der Waals surface area contributed by atoms with Crippen LogP contribution in [0.2, 0.25) is 5.02 Å². The minimum Gasteiger partial charge on any atom is -0.476 e. The van der Waals surface area contributed by atoms with E-state index in [9.17, 15) is 9.59 Å². The fourth-order valence-electron chi connectivity index (χ4n) is 4.04. The van der Waals surface area contributed by atoms with Crippen molar-refractivity contribution in [3.63, 3.8) is 0 Å². The quantitative estimate of drug-likeness (QED) is 0.690. The van der Waals surface area contributed by atoms with Gasteiger partial charge in [-0.2, -0.15) is 0 Å². The summed E-state index contributed by atoms with van der Waals surface area (Å²) in [5.74, 6) is 0.102. The number of nitrogens with one attached hydrogen (secondary N) is 1. The number of carbonyl (C=O) groups is 2. The molecule has 1 atom stereocenters. The highest BCUT2D eigenvalue weighted by Gasteiger charge is 2.36. The van der Waals surface area contributed by atoms with Crippen LogP contribution in [0, 0.1) is 5.92 Å². The number of hydrogen-bond donors (Lipinski definition) is 1. The number of nitrogens with zero attached hydrogens (tertiary/aromatic N) is 2. The zero-order valence-corrected chi connectivity index (χ0v) is 18.8. The molecule has 30 heavy (non-hydrogen) atoms. The highest BCUT2D eigenvalue weighted by atomic mass is 35.5. The van der Waals surface area contributed by atoms with Crippen molar-refractivity contribution in [3.8, 4) is 5.75 Å².